The van der Waals surface area contributed by atoms with Crippen molar-refractivity contribution in [1.82, 2.24) is 0 Å². The molecule has 0 bridgehead atoms. The first-order chi connectivity index (χ1) is 14.2. The van der Waals surface area contributed by atoms with Gasteiger partial charge in [0.25, 0.3) is 0 Å². The van der Waals surface area contributed by atoms with E-state index < -0.39 is 55.6 Å². The van der Waals surface area contributed by atoms with E-state index in [0.29, 0.717) is 5.56 Å². The highest BCUT2D eigenvalue weighted by molar-refractivity contribution is 6.74. The molecule has 11 nitrogen and oxygen atoms in total. The van der Waals surface area contributed by atoms with Crippen LogP contribution in [0.3, 0.4) is 0 Å². The molecule has 1 aliphatic rings. The van der Waals surface area contributed by atoms with Crippen molar-refractivity contribution in [1.29, 1.82) is 0 Å². The number of ether oxygens (including phenoxy) is 2. The van der Waals surface area contributed by atoms with Crippen LogP contribution in [0, 0.1) is 10.1 Å². The number of benzene rings is 1. The van der Waals surface area contributed by atoms with Crippen LogP contribution in [-0.4, -0.2) is 70.3 Å². The Balaban J connectivity index is 2.23. The molecule has 1 fully saturated rings. The number of carbonyl (C=O) groups is 1. The summed E-state index contributed by atoms with van der Waals surface area (Å²) in [5.41, 5.74) is 0.0903. The molecule has 1 saturated heterocycles. The second-order valence-corrected chi connectivity index (χ2v) is 13.8. The fourth-order valence-corrected chi connectivity index (χ4v) is 3.61. The number of nitrogens with zero attached hydrogens (tertiary/aromatic N) is 1. The molecule has 0 amide bonds. The minimum absolute atomic E-state index is 0.0392. The smallest absolute Gasteiger partial charge is 0.335 e. The van der Waals surface area contributed by atoms with Gasteiger partial charge < -0.3 is 34.3 Å². The van der Waals surface area contributed by atoms with Crippen molar-refractivity contribution in [2.75, 3.05) is 0 Å². The second-order valence-electron chi connectivity index (χ2n) is 8.96. The second kappa shape index (κ2) is 9.18. The van der Waals surface area contributed by atoms with Crippen LogP contribution in [0.5, 0.6) is 5.75 Å². The largest absolute Gasteiger partial charge is 0.479 e. The molecule has 0 saturated carbocycles. The lowest BCUT2D eigenvalue weighted by Crippen LogP contribution is -2.61. The maximum atomic E-state index is 11.6. The van der Waals surface area contributed by atoms with Crippen LogP contribution in [0.25, 0.3) is 0 Å². The fourth-order valence-electron chi connectivity index (χ4n) is 2.65. The number of nitro benzene ring substituents is 1. The van der Waals surface area contributed by atoms with Crippen LogP contribution in [-0.2, 0) is 20.6 Å². The normalized spacial score (nSPS) is 27.0. The van der Waals surface area contributed by atoms with Crippen molar-refractivity contribution in [2.24, 2.45) is 0 Å². The Kier molecular flexibility index (Phi) is 7.46. The summed E-state index contributed by atoms with van der Waals surface area (Å²) in [5.74, 6) is -1.88. The summed E-state index contributed by atoms with van der Waals surface area (Å²) in [4.78, 5) is 22.1. The molecule has 4 N–H and O–H groups in total. The molecule has 0 spiro atoms. The van der Waals surface area contributed by atoms with Crippen LogP contribution in [0.1, 0.15) is 26.3 Å². The molecule has 0 aromatic heterocycles. The van der Waals surface area contributed by atoms with Crippen molar-refractivity contribution < 1.29 is 44.0 Å². The molecule has 31 heavy (non-hydrogen) atoms. The average Bonchev–Trinajstić information content (AvgIpc) is 2.66. The lowest BCUT2D eigenvalue weighted by atomic mass is 9.99. The standard InChI is InChI=1S/C19H29NO10Si/c1-19(2,3)31(4,5)28-9-10-6-7-12(11(8-10)20(26)27)29-18-15(23)13(21)14(22)16(30-18)17(24)25/h6-8,13-16,18,21-23H,9H2,1-5H3,(H,24,25)/t13-,14-,15+,16-,18+/m0/s1. The summed E-state index contributed by atoms with van der Waals surface area (Å²) in [6.45, 7) is 10.5. The first-order valence-corrected chi connectivity index (χ1v) is 12.6. The SMILES string of the molecule is CC(C)(C)[Si](C)(C)OCc1ccc(O[C@@H]2O[C@H](C(=O)O)[C@@H](O)[C@H](O)[C@H]2O)c([N+](=O)[O-])c1. The monoisotopic (exact) mass is 459 g/mol. The minimum atomic E-state index is -2.08. The number of carboxylic acids is 1. The van der Waals surface area contributed by atoms with Crippen molar-refractivity contribution in [3.8, 4) is 5.75 Å². The molecule has 1 aromatic rings. The third-order valence-corrected chi connectivity index (χ3v) is 10.2. The zero-order chi connectivity index (χ0) is 23.7. The molecular weight excluding hydrogens is 430 g/mol. The zero-order valence-electron chi connectivity index (χ0n) is 18.0. The van der Waals surface area contributed by atoms with Crippen LogP contribution >= 0.6 is 0 Å². The van der Waals surface area contributed by atoms with Gasteiger partial charge in [-0.2, -0.15) is 0 Å². The van der Waals surface area contributed by atoms with Crippen LogP contribution in [0.15, 0.2) is 18.2 Å². The van der Waals surface area contributed by atoms with Gasteiger partial charge in [-0.15, -0.1) is 0 Å². The van der Waals surface area contributed by atoms with Crippen LogP contribution in [0.4, 0.5) is 5.69 Å². The Labute approximate surface area is 180 Å². The molecular formula is C19H29NO10Si. The van der Waals surface area contributed by atoms with Crippen LogP contribution in [0.2, 0.25) is 18.1 Å². The topological polar surface area (TPSA) is 169 Å². The van der Waals surface area contributed by atoms with Gasteiger partial charge in [0.1, 0.15) is 18.3 Å². The lowest BCUT2D eigenvalue weighted by molar-refractivity contribution is -0.387. The Morgan fingerprint density at radius 2 is 1.81 bits per heavy atom. The van der Waals surface area contributed by atoms with E-state index in [4.69, 9.17) is 19.0 Å². The number of nitro groups is 1. The van der Waals surface area contributed by atoms with Crippen molar-refractivity contribution >= 4 is 20.0 Å². The van der Waals surface area contributed by atoms with Crippen molar-refractivity contribution in [3.05, 3.63) is 33.9 Å². The molecule has 1 aliphatic heterocycles. The van der Waals surface area contributed by atoms with Gasteiger partial charge in [0, 0.05) is 6.07 Å². The van der Waals surface area contributed by atoms with Gasteiger partial charge in [-0.1, -0.05) is 26.8 Å². The van der Waals surface area contributed by atoms with Gasteiger partial charge in [-0.05, 0) is 29.8 Å². The van der Waals surface area contributed by atoms with E-state index in [0.717, 1.165) is 0 Å². The number of aliphatic hydroxyl groups is 3. The lowest BCUT2D eigenvalue weighted by Gasteiger charge is -2.38. The Bertz CT molecular complexity index is 824. The van der Waals surface area contributed by atoms with E-state index in [-0.39, 0.29) is 17.4 Å². The van der Waals surface area contributed by atoms with Gasteiger partial charge in [-0.3, -0.25) is 10.1 Å². The molecule has 5 atom stereocenters. The molecule has 0 radical (unpaired) electrons. The number of aliphatic carboxylic acids is 1. The number of hydrogen-bond acceptors (Lipinski definition) is 9. The van der Waals surface area contributed by atoms with E-state index >= 15 is 0 Å². The first kappa shape index (κ1) is 25.2. The third-order valence-electron chi connectivity index (χ3n) is 5.68. The van der Waals surface area contributed by atoms with E-state index in [2.05, 4.69) is 33.9 Å². The fraction of sp³-hybridized carbons (Fsp3) is 0.632. The highest BCUT2D eigenvalue weighted by atomic mass is 28.4. The number of hydrogen-bond donors (Lipinski definition) is 4. The summed E-state index contributed by atoms with van der Waals surface area (Å²) in [6.07, 6.45) is -9.22. The van der Waals surface area contributed by atoms with E-state index in [1.54, 1.807) is 6.07 Å². The summed E-state index contributed by atoms with van der Waals surface area (Å²) in [7, 11) is -2.08. The molecule has 1 aromatic carbocycles. The molecule has 174 valence electrons. The summed E-state index contributed by atoms with van der Waals surface area (Å²) in [5, 5.41) is 50.3. The Hall–Kier alpha value is -2.09. The van der Waals surface area contributed by atoms with E-state index in [1.807, 2.05) is 0 Å². The van der Waals surface area contributed by atoms with Gasteiger partial charge >= 0.3 is 11.7 Å². The molecule has 2 rings (SSSR count). The van der Waals surface area contributed by atoms with E-state index in [9.17, 15) is 30.2 Å². The highest BCUT2D eigenvalue weighted by Crippen LogP contribution is 2.38. The molecule has 0 unspecified atom stereocenters. The summed E-state index contributed by atoms with van der Waals surface area (Å²) in [6, 6.07) is 4.09. The third kappa shape index (κ3) is 5.59. The molecule has 1 heterocycles. The first-order valence-electron chi connectivity index (χ1n) is 9.66. The van der Waals surface area contributed by atoms with Gasteiger partial charge in [0.05, 0.1) is 11.5 Å². The molecule has 12 heteroatoms. The maximum Gasteiger partial charge on any atom is 0.335 e. The Morgan fingerprint density at radius 1 is 1.19 bits per heavy atom. The minimum Gasteiger partial charge on any atom is -0.479 e. The zero-order valence-corrected chi connectivity index (χ0v) is 19.0. The molecule has 0 aliphatic carbocycles. The predicted octanol–water partition coefficient (Wildman–Crippen LogP) is 1.39. The maximum absolute atomic E-state index is 11.6. The summed E-state index contributed by atoms with van der Waals surface area (Å²) < 4.78 is 16.4. The van der Waals surface area contributed by atoms with Crippen molar-refractivity contribution in [2.45, 2.75) is 76.2 Å². The van der Waals surface area contributed by atoms with Gasteiger partial charge in [-0.25, -0.2) is 4.79 Å². The van der Waals surface area contributed by atoms with Crippen molar-refractivity contribution in [3.63, 3.8) is 0 Å². The number of carboxylic acid groups (broad SMARTS) is 1. The number of rotatable bonds is 7. The van der Waals surface area contributed by atoms with Gasteiger partial charge in [0.2, 0.25) is 6.29 Å². The Morgan fingerprint density at radius 3 is 2.32 bits per heavy atom. The van der Waals surface area contributed by atoms with Gasteiger partial charge in [0.15, 0.2) is 20.2 Å². The summed E-state index contributed by atoms with van der Waals surface area (Å²) >= 11 is 0. The predicted molar refractivity (Wildman–Crippen MR) is 110 cm³/mol. The van der Waals surface area contributed by atoms with Crippen LogP contribution < -0.4 is 4.74 Å². The average molecular weight is 460 g/mol. The number of aliphatic hydroxyl groups excluding tert-OH is 3. The highest BCUT2D eigenvalue weighted by Gasteiger charge is 2.48. The quantitative estimate of drug-likeness (QED) is 0.265. The van der Waals surface area contributed by atoms with E-state index in [1.165, 1.54) is 12.1 Å².